The van der Waals surface area contributed by atoms with Gasteiger partial charge in [0.25, 0.3) is 5.91 Å². The molecule has 2 aromatic heterocycles. The molecule has 5 heteroatoms. The van der Waals surface area contributed by atoms with Gasteiger partial charge >= 0.3 is 0 Å². The molecule has 4 rings (SSSR count). The van der Waals surface area contributed by atoms with E-state index in [1.54, 1.807) is 0 Å². The number of pyridine rings is 1. The quantitative estimate of drug-likeness (QED) is 0.410. The zero-order valence-corrected chi connectivity index (χ0v) is 17.3. The van der Waals surface area contributed by atoms with Crippen molar-refractivity contribution in [2.24, 2.45) is 0 Å². The summed E-state index contributed by atoms with van der Waals surface area (Å²) in [6, 6.07) is 22.3. The Bertz CT molecular complexity index is 1120. The van der Waals surface area contributed by atoms with Crippen LogP contribution in [0.25, 0.3) is 22.2 Å². The zero-order valence-electron chi connectivity index (χ0n) is 16.5. The predicted molar refractivity (Wildman–Crippen MR) is 120 cm³/mol. The number of hydrogen-bond donors (Lipinski definition) is 2. The monoisotopic (exact) mass is 401 g/mol. The van der Waals surface area contributed by atoms with Crippen molar-refractivity contribution in [3.8, 4) is 11.1 Å². The summed E-state index contributed by atoms with van der Waals surface area (Å²) < 4.78 is 0. The summed E-state index contributed by atoms with van der Waals surface area (Å²) in [4.78, 5) is 21.4. The Hall–Kier alpha value is -3.05. The number of benzene rings is 2. The minimum Gasteiger partial charge on any atom is -0.347 e. The van der Waals surface area contributed by atoms with Crippen LogP contribution in [0, 0.1) is 0 Å². The van der Waals surface area contributed by atoms with E-state index < -0.39 is 0 Å². The highest BCUT2D eigenvalue weighted by atomic mass is 32.2. The van der Waals surface area contributed by atoms with Gasteiger partial charge in [-0.05, 0) is 35.4 Å². The van der Waals surface area contributed by atoms with Crippen LogP contribution in [0.3, 0.4) is 0 Å². The Kier molecular flexibility index (Phi) is 5.67. The van der Waals surface area contributed by atoms with Gasteiger partial charge in [0.2, 0.25) is 0 Å². The van der Waals surface area contributed by atoms with Gasteiger partial charge < -0.3 is 10.3 Å². The first-order valence-corrected chi connectivity index (χ1v) is 10.5. The predicted octanol–water partition coefficient (Wildman–Crippen LogP) is 5.66. The first-order valence-electron chi connectivity index (χ1n) is 9.66. The molecule has 0 radical (unpaired) electrons. The molecule has 2 N–H and O–H groups in total. The molecule has 0 bridgehead atoms. The van der Waals surface area contributed by atoms with Crippen LogP contribution in [0.5, 0.6) is 0 Å². The molecular weight excluding hydrogens is 378 g/mol. The van der Waals surface area contributed by atoms with Crippen LogP contribution in [0.2, 0.25) is 0 Å². The highest BCUT2D eigenvalue weighted by molar-refractivity contribution is 7.99. The molecule has 29 heavy (non-hydrogen) atoms. The summed E-state index contributed by atoms with van der Waals surface area (Å²) in [5.41, 5.74) is 4.45. The SMILES string of the molecule is CC(C)Sc1ccc(-c2cnc3[nH]c(C(=O)NCc4ccccc4)cc3c2)cc1. The van der Waals surface area contributed by atoms with Crippen LogP contribution in [-0.2, 0) is 6.54 Å². The topological polar surface area (TPSA) is 57.8 Å². The van der Waals surface area contributed by atoms with Crippen molar-refractivity contribution in [1.82, 2.24) is 15.3 Å². The average Bonchev–Trinajstić information content (AvgIpc) is 3.16. The maximum Gasteiger partial charge on any atom is 0.268 e. The molecule has 1 amide bonds. The number of fused-ring (bicyclic) bond motifs is 1. The zero-order chi connectivity index (χ0) is 20.2. The van der Waals surface area contributed by atoms with Gasteiger partial charge in [0, 0.05) is 33.8 Å². The summed E-state index contributed by atoms with van der Waals surface area (Å²) in [7, 11) is 0. The minimum atomic E-state index is -0.136. The number of amides is 1. The van der Waals surface area contributed by atoms with Crippen molar-refractivity contribution in [2.75, 3.05) is 0 Å². The van der Waals surface area contributed by atoms with Crippen LogP contribution in [-0.4, -0.2) is 21.1 Å². The number of carbonyl (C=O) groups excluding carboxylic acids is 1. The Labute approximate surface area is 174 Å². The van der Waals surface area contributed by atoms with E-state index in [2.05, 4.69) is 59.5 Å². The molecule has 0 atom stereocenters. The largest absolute Gasteiger partial charge is 0.347 e. The molecule has 146 valence electrons. The number of carbonyl (C=O) groups is 1. The Morgan fingerprint density at radius 1 is 1.03 bits per heavy atom. The normalized spacial score (nSPS) is 11.1. The van der Waals surface area contributed by atoms with E-state index in [0.717, 1.165) is 22.1 Å². The Balaban J connectivity index is 1.50. The second kappa shape index (κ2) is 8.53. The van der Waals surface area contributed by atoms with Crippen LogP contribution in [0.4, 0.5) is 0 Å². The smallest absolute Gasteiger partial charge is 0.268 e. The molecule has 0 aliphatic heterocycles. The molecule has 4 aromatic rings. The summed E-state index contributed by atoms with van der Waals surface area (Å²) in [6.45, 7) is 4.88. The van der Waals surface area contributed by atoms with E-state index in [-0.39, 0.29) is 5.91 Å². The molecule has 0 saturated heterocycles. The maximum absolute atomic E-state index is 12.5. The van der Waals surface area contributed by atoms with Crippen LogP contribution < -0.4 is 5.32 Å². The van der Waals surface area contributed by atoms with Crippen molar-refractivity contribution < 1.29 is 4.79 Å². The van der Waals surface area contributed by atoms with E-state index in [9.17, 15) is 4.79 Å². The number of hydrogen-bond acceptors (Lipinski definition) is 3. The fourth-order valence-corrected chi connectivity index (χ4v) is 4.00. The second-order valence-electron chi connectivity index (χ2n) is 7.20. The minimum absolute atomic E-state index is 0.136. The Morgan fingerprint density at radius 3 is 2.52 bits per heavy atom. The number of aromatic nitrogens is 2. The van der Waals surface area contributed by atoms with Crippen molar-refractivity contribution >= 4 is 28.7 Å². The molecule has 0 aliphatic rings. The maximum atomic E-state index is 12.5. The van der Waals surface area contributed by atoms with Gasteiger partial charge in [0.15, 0.2) is 0 Å². The van der Waals surface area contributed by atoms with Crippen molar-refractivity contribution in [1.29, 1.82) is 0 Å². The number of aromatic amines is 1. The van der Waals surface area contributed by atoms with Crippen molar-refractivity contribution in [2.45, 2.75) is 30.5 Å². The Morgan fingerprint density at radius 2 is 1.79 bits per heavy atom. The highest BCUT2D eigenvalue weighted by Crippen LogP contribution is 2.28. The lowest BCUT2D eigenvalue weighted by atomic mass is 10.1. The standard InChI is InChI=1S/C24H23N3OS/c1-16(2)29-21-10-8-18(9-11-21)20-12-19-13-22(27-23(19)25-15-20)24(28)26-14-17-6-4-3-5-7-17/h3-13,15-16H,14H2,1-2H3,(H,25,27)(H,26,28). The first kappa shape index (κ1) is 19.3. The highest BCUT2D eigenvalue weighted by Gasteiger charge is 2.11. The third-order valence-corrected chi connectivity index (χ3v) is 5.59. The lowest BCUT2D eigenvalue weighted by Crippen LogP contribution is -2.22. The van der Waals surface area contributed by atoms with Gasteiger partial charge in [-0.2, -0.15) is 0 Å². The molecule has 2 aromatic carbocycles. The van der Waals surface area contributed by atoms with E-state index in [4.69, 9.17) is 0 Å². The fourth-order valence-electron chi connectivity index (χ4n) is 3.17. The summed E-state index contributed by atoms with van der Waals surface area (Å²) in [6.07, 6.45) is 1.84. The van der Waals surface area contributed by atoms with Crippen LogP contribution in [0.15, 0.2) is 77.8 Å². The molecule has 2 heterocycles. The molecule has 4 nitrogen and oxygen atoms in total. The molecule has 0 aliphatic carbocycles. The second-order valence-corrected chi connectivity index (χ2v) is 8.85. The third-order valence-electron chi connectivity index (χ3n) is 4.57. The van der Waals surface area contributed by atoms with Gasteiger partial charge in [-0.15, -0.1) is 11.8 Å². The summed E-state index contributed by atoms with van der Waals surface area (Å²) in [5.74, 6) is -0.136. The van der Waals surface area contributed by atoms with Crippen molar-refractivity contribution in [3.05, 3.63) is 84.2 Å². The number of thioether (sulfide) groups is 1. The van der Waals surface area contributed by atoms with Crippen LogP contribution >= 0.6 is 11.8 Å². The van der Waals surface area contributed by atoms with E-state index >= 15 is 0 Å². The van der Waals surface area contributed by atoms with Crippen molar-refractivity contribution in [3.63, 3.8) is 0 Å². The fraction of sp³-hybridized carbons (Fsp3) is 0.167. The van der Waals surface area contributed by atoms with Gasteiger partial charge in [0.1, 0.15) is 11.3 Å². The molecule has 0 unspecified atom stereocenters. The summed E-state index contributed by atoms with van der Waals surface area (Å²) in [5, 5.41) is 4.43. The van der Waals surface area contributed by atoms with Crippen LogP contribution in [0.1, 0.15) is 29.9 Å². The number of H-pyrrole nitrogens is 1. The molecule has 0 spiro atoms. The van der Waals surface area contributed by atoms with E-state index in [1.165, 1.54) is 4.90 Å². The lowest BCUT2D eigenvalue weighted by molar-refractivity contribution is 0.0946. The lowest BCUT2D eigenvalue weighted by Gasteiger charge is -2.06. The van der Waals surface area contributed by atoms with E-state index in [1.807, 2.05) is 54.4 Å². The third kappa shape index (κ3) is 4.69. The molecule has 0 saturated carbocycles. The van der Waals surface area contributed by atoms with Gasteiger partial charge in [-0.3, -0.25) is 4.79 Å². The van der Waals surface area contributed by atoms with Gasteiger partial charge in [0.05, 0.1) is 0 Å². The van der Waals surface area contributed by atoms with Gasteiger partial charge in [-0.1, -0.05) is 56.3 Å². The molecule has 0 fully saturated rings. The first-order chi connectivity index (χ1) is 14.1. The van der Waals surface area contributed by atoms with E-state index in [0.29, 0.717) is 23.1 Å². The average molecular weight is 402 g/mol. The number of nitrogens with one attached hydrogen (secondary N) is 2. The number of nitrogens with zero attached hydrogens (tertiary/aromatic N) is 1. The van der Waals surface area contributed by atoms with Gasteiger partial charge in [-0.25, -0.2) is 4.98 Å². The molecular formula is C24H23N3OS. The summed E-state index contributed by atoms with van der Waals surface area (Å²) >= 11 is 1.85. The number of rotatable bonds is 6.